The molecule has 0 aliphatic carbocycles. The highest BCUT2D eigenvalue weighted by Gasteiger charge is 2.19. The van der Waals surface area contributed by atoms with Crippen molar-refractivity contribution in [2.45, 2.75) is 38.6 Å². The van der Waals surface area contributed by atoms with Gasteiger partial charge in [0.2, 0.25) is 0 Å². The molecule has 0 bridgehead atoms. The van der Waals surface area contributed by atoms with E-state index in [0.29, 0.717) is 0 Å². The van der Waals surface area contributed by atoms with Crippen LogP contribution in [0.25, 0.3) is 0 Å². The molecule has 1 fully saturated rings. The Morgan fingerprint density at radius 2 is 2.00 bits per heavy atom. The fraction of sp³-hybridized carbons (Fsp3) is 1.00. The van der Waals surface area contributed by atoms with Gasteiger partial charge in [-0.25, -0.2) is 0 Å². The maximum absolute atomic E-state index is 3.44. The molecule has 0 amide bonds. The van der Waals surface area contributed by atoms with Gasteiger partial charge in [-0.1, -0.05) is 6.92 Å². The molecule has 1 rings (SSSR count). The average molecular weight is 213 g/mol. The van der Waals surface area contributed by atoms with E-state index in [0.717, 1.165) is 12.6 Å². The molecule has 0 atom stereocenters. The van der Waals surface area contributed by atoms with Gasteiger partial charge in [-0.3, -0.25) is 0 Å². The lowest BCUT2D eigenvalue weighted by Crippen LogP contribution is -2.44. The molecule has 1 aliphatic rings. The molecular formula is C12H27N3. The quantitative estimate of drug-likeness (QED) is 0.619. The van der Waals surface area contributed by atoms with Crippen molar-refractivity contribution < 1.29 is 0 Å². The molecule has 0 aromatic carbocycles. The topological polar surface area (TPSA) is 27.3 Å². The first kappa shape index (κ1) is 12.9. The summed E-state index contributed by atoms with van der Waals surface area (Å²) in [7, 11) is 2.04. The van der Waals surface area contributed by atoms with Crippen LogP contribution in [0.15, 0.2) is 0 Å². The summed E-state index contributed by atoms with van der Waals surface area (Å²) in [5, 5.41) is 6.67. The Hall–Kier alpha value is -0.120. The normalized spacial score (nSPS) is 18.6. The molecule has 2 N–H and O–H groups in total. The molecule has 0 unspecified atom stereocenters. The van der Waals surface area contributed by atoms with Gasteiger partial charge in [-0.05, 0) is 65.5 Å². The zero-order valence-corrected chi connectivity index (χ0v) is 10.4. The van der Waals surface area contributed by atoms with Crippen LogP contribution < -0.4 is 10.6 Å². The third-order valence-corrected chi connectivity index (χ3v) is 3.21. The van der Waals surface area contributed by atoms with Crippen LogP contribution in [0.4, 0.5) is 0 Å². The van der Waals surface area contributed by atoms with Crippen molar-refractivity contribution in [3.8, 4) is 0 Å². The van der Waals surface area contributed by atoms with Gasteiger partial charge >= 0.3 is 0 Å². The standard InChI is InChI=1S/C12H27N3/c1-3-10-15(11-4-7-13-2)12-5-8-14-9-6-12/h12-14H,3-11H2,1-2H3. The van der Waals surface area contributed by atoms with Crippen LogP contribution >= 0.6 is 0 Å². The molecule has 1 heterocycles. The smallest absolute Gasteiger partial charge is 0.0119 e. The minimum absolute atomic E-state index is 0.836. The molecule has 15 heavy (non-hydrogen) atoms. The van der Waals surface area contributed by atoms with Crippen LogP contribution in [0, 0.1) is 0 Å². The molecule has 0 spiro atoms. The average Bonchev–Trinajstić information content (AvgIpc) is 2.29. The molecule has 0 aromatic rings. The second-order valence-electron chi connectivity index (χ2n) is 4.47. The van der Waals surface area contributed by atoms with Crippen molar-refractivity contribution in [1.82, 2.24) is 15.5 Å². The zero-order chi connectivity index (χ0) is 10.9. The Kier molecular flexibility index (Phi) is 6.98. The summed E-state index contributed by atoms with van der Waals surface area (Å²) >= 11 is 0. The van der Waals surface area contributed by atoms with Gasteiger partial charge in [-0.2, -0.15) is 0 Å². The van der Waals surface area contributed by atoms with E-state index in [1.54, 1.807) is 0 Å². The minimum Gasteiger partial charge on any atom is -0.320 e. The summed E-state index contributed by atoms with van der Waals surface area (Å²) in [5.41, 5.74) is 0. The molecule has 1 saturated heterocycles. The minimum atomic E-state index is 0.836. The summed E-state index contributed by atoms with van der Waals surface area (Å²) in [4.78, 5) is 2.69. The number of nitrogens with one attached hydrogen (secondary N) is 2. The molecule has 0 aromatic heterocycles. The molecule has 0 radical (unpaired) electrons. The number of hydrogen-bond donors (Lipinski definition) is 2. The largest absolute Gasteiger partial charge is 0.320 e. The summed E-state index contributed by atoms with van der Waals surface area (Å²) in [6.45, 7) is 8.37. The van der Waals surface area contributed by atoms with E-state index < -0.39 is 0 Å². The van der Waals surface area contributed by atoms with Crippen LogP contribution in [0.5, 0.6) is 0 Å². The zero-order valence-electron chi connectivity index (χ0n) is 10.4. The van der Waals surface area contributed by atoms with Gasteiger partial charge in [-0.15, -0.1) is 0 Å². The number of hydrogen-bond acceptors (Lipinski definition) is 3. The first-order valence-electron chi connectivity index (χ1n) is 6.47. The fourth-order valence-corrected chi connectivity index (χ4v) is 2.39. The van der Waals surface area contributed by atoms with Gasteiger partial charge < -0.3 is 15.5 Å². The van der Waals surface area contributed by atoms with E-state index in [4.69, 9.17) is 0 Å². The summed E-state index contributed by atoms with van der Waals surface area (Å²) in [6, 6.07) is 0.836. The lowest BCUT2D eigenvalue weighted by Gasteiger charge is -2.34. The third kappa shape index (κ3) is 4.96. The molecule has 3 nitrogen and oxygen atoms in total. The van der Waals surface area contributed by atoms with Crippen LogP contribution in [0.1, 0.15) is 32.6 Å². The number of rotatable bonds is 7. The highest BCUT2D eigenvalue weighted by atomic mass is 15.2. The summed E-state index contributed by atoms with van der Waals surface area (Å²) in [6.07, 6.45) is 5.23. The highest BCUT2D eigenvalue weighted by Crippen LogP contribution is 2.12. The highest BCUT2D eigenvalue weighted by molar-refractivity contribution is 4.77. The second-order valence-corrected chi connectivity index (χ2v) is 4.47. The van der Waals surface area contributed by atoms with E-state index in [9.17, 15) is 0 Å². The SMILES string of the molecule is CCCN(CCCNC)C1CCNCC1. The van der Waals surface area contributed by atoms with Crippen molar-refractivity contribution in [3.05, 3.63) is 0 Å². The Balaban J connectivity index is 2.26. The predicted octanol–water partition coefficient (Wildman–Crippen LogP) is 1.06. The van der Waals surface area contributed by atoms with E-state index in [1.807, 2.05) is 7.05 Å². The number of nitrogens with zero attached hydrogens (tertiary/aromatic N) is 1. The lowest BCUT2D eigenvalue weighted by molar-refractivity contribution is 0.160. The molecule has 1 aliphatic heterocycles. The summed E-state index contributed by atoms with van der Waals surface area (Å²) in [5.74, 6) is 0. The van der Waals surface area contributed by atoms with Gasteiger partial charge in [0, 0.05) is 6.04 Å². The first-order valence-corrected chi connectivity index (χ1v) is 6.47. The van der Waals surface area contributed by atoms with Gasteiger partial charge in [0.1, 0.15) is 0 Å². The van der Waals surface area contributed by atoms with Crippen LogP contribution in [0.3, 0.4) is 0 Å². The van der Waals surface area contributed by atoms with Crippen molar-refractivity contribution in [1.29, 1.82) is 0 Å². The molecular weight excluding hydrogens is 186 g/mol. The Morgan fingerprint density at radius 1 is 1.27 bits per heavy atom. The predicted molar refractivity (Wildman–Crippen MR) is 66.3 cm³/mol. The Labute approximate surface area is 94.6 Å². The van der Waals surface area contributed by atoms with E-state index in [-0.39, 0.29) is 0 Å². The van der Waals surface area contributed by atoms with Gasteiger partial charge in [0.15, 0.2) is 0 Å². The third-order valence-electron chi connectivity index (χ3n) is 3.21. The van der Waals surface area contributed by atoms with E-state index in [1.165, 1.54) is 51.9 Å². The van der Waals surface area contributed by atoms with Crippen LogP contribution in [0.2, 0.25) is 0 Å². The first-order chi connectivity index (χ1) is 7.38. The lowest BCUT2D eigenvalue weighted by atomic mass is 10.0. The van der Waals surface area contributed by atoms with Crippen LogP contribution in [-0.4, -0.2) is 50.7 Å². The maximum atomic E-state index is 3.44. The molecule has 3 heteroatoms. The maximum Gasteiger partial charge on any atom is 0.0119 e. The molecule has 90 valence electrons. The van der Waals surface area contributed by atoms with Gasteiger partial charge in [0.05, 0.1) is 0 Å². The fourth-order valence-electron chi connectivity index (χ4n) is 2.39. The van der Waals surface area contributed by atoms with Crippen molar-refractivity contribution in [2.24, 2.45) is 0 Å². The summed E-state index contributed by atoms with van der Waals surface area (Å²) < 4.78 is 0. The molecule has 0 saturated carbocycles. The van der Waals surface area contributed by atoms with E-state index in [2.05, 4.69) is 22.5 Å². The van der Waals surface area contributed by atoms with Gasteiger partial charge in [0.25, 0.3) is 0 Å². The van der Waals surface area contributed by atoms with Crippen molar-refractivity contribution in [2.75, 3.05) is 39.8 Å². The van der Waals surface area contributed by atoms with Crippen molar-refractivity contribution in [3.63, 3.8) is 0 Å². The Bertz CT molecular complexity index is 144. The Morgan fingerprint density at radius 3 is 2.60 bits per heavy atom. The monoisotopic (exact) mass is 213 g/mol. The number of piperidine rings is 1. The second kappa shape index (κ2) is 8.08. The van der Waals surface area contributed by atoms with Crippen molar-refractivity contribution >= 4 is 0 Å². The van der Waals surface area contributed by atoms with Crippen LogP contribution in [-0.2, 0) is 0 Å². The van der Waals surface area contributed by atoms with E-state index >= 15 is 0 Å².